The van der Waals surface area contributed by atoms with Crippen molar-refractivity contribution in [1.82, 2.24) is 5.32 Å². The van der Waals surface area contributed by atoms with Crippen LogP contribution < -0.4 is 5.32 Å². The van der Waals surface area contributed by atoms with Crippen molar-refractivity contribution in [2.45, 2.75) is 13.0 Å². The van der Waals surface area contributed by atoms with Gasteiger partial charge in [0.15, 0.2) is 0 Å². The number of nitrogens with zero attached hydrogens (tertiary/aromatic N) is 1. The maximum Gasteiger partial charge on any atom is 0.282 e. The largest absolute Gasteiger partial charge is 0.464 e. The quantitative estimate of drug-likeness (QED) is 0.644. The third kappa shape index (κ3) is 4.08. The summed E-state index contributed by atoms with van der Waals surface area (Å²) in [5.41, 5.74) is -0.439. The Balaban J connectivity index is 2.29. The van der Waals surface area contributed by atoms with Gasteiger partial charge in [-0.2, -0.15) is 0 Å². The third-order valence-electron chi connectivity index (χ3n) is 3.14. The Labute approximate surface area is 137 Å². The van der Waals surface area contributed by atoms with Gasteiger partial charge in [-0.15, -0.1) is 0 Å². The number of ether oxygens (including phenoxy) is 1. The third-order valence-corrected chi connectivity index (χ3v) is 3.38. The van der Waals surface area contributed by atoms with Crippen LogP contribution in [0.4, 0.5) is 5.69 Å². The lowest BCUT2D eigenvalue weighted by molar-refractivity contribution is -0.385. The fraction of sp³-hybridized carbons (Fsp3) is 0.267. The van der Waals surface area contributed by atoms with Crippen LogP contribution in [0.3, 0.4) is 0 Å². The van der Waals surface area contributed by atoms with Crippen LogP contribution in [0.25, 0.3) is 0 Å². The summed E-state index contributed by atoms with van der Waals surface area (Å²) in [6.45, 7) is 1.93. The van der Waals surface area contributed by atoms with E-state index in [1.54, 1.807) is 19.1 Å². The molecule has 7 nitrogen and oxygen atoms in total. The molecule has 1 N–H and O–H groups in total. The fourth-order valence-electron chi connectivity index (χ4n) is 2.09. The van der Waals surface area contributed by atoms with Gasteiger partial charge >= 0.3 is 0 Å². The summed E-state index contributed by atoms with van der Waals surface area (Å²) in [7, 11) is 1.48. The zero-order chi connectivity index (χ0) is 17.0. The van der Waals surface area contributed by atoms with E-state index in [9.17, 15) is 14.9 Å². The van der Waals surface area contributed by atoms with Crippen LogP contribution in [0.2, 0.25) is 5.02 Å². The number of amides is 1. The van der Waals surface area contributed by atoms with E-state index in [1.807, 2.05) is 0 Å². The van der Waals surface area contributed by atoms with Gasteiger partial charge in [0, 0.05) is 18.2 Å². The number of carbonyl (C=O) groups excluding carboxylic acids is 1. The van der Waals surface area contributed by atoms with Crippen molar-refractivity contribution in [3.05, 3.63) is 62.6 Å². The van der Waals surface area contributed by atoms with Gasteiger partial charge in [0.1, 0.15) is 23.1 Å². The van der Waals surface area contributed by atoms with Crippen molar-refractivity contribution < 1.29 is 18.9 Å². The Morgan fingerprint density at radius 2 is 2.17 bits per heavy atom. The summed E-state index contributed by atoms with van der Waals surface area (Å²) in [4.78, 5) is 22.8. The molecule has 0 aliphatic rings. The number of methoxy groups -OCH3 is 1. The Bertz CT molecular complexity index is 728. The van der Waals surface area contributed by atoms with E-state index in [2.05, 4.69) is 5.32 Å². The molecule has 1 atom stereocenters. The van der Waals surface area contributed by atoms with E-state index in [4.69, 9.17) is 20.8 Å². The molecule has 0 aliphatic heterocycles. The molecule has 0 saturated carbocycles. The molecule has 0 fully saturated rings. The van der Waals surface area contributed by atoms with Gasteiger partial charge in [0.25, 0.3) is 11.6 Å². The molecule has 0 saturated heterocycles. The number of rotatable bonds is 6. The van der Waals surface area contributed by atoms with E-state index >= 15 is 0 Å². The second-order valence-electron chi connectivity index (χ2n) is 4.85. The molecule has 0 bridgehead atoms. The second-order valence-corrected chi connectivity index (χ2v) is 5.28. The minimum atomic E-state index is -0.631. The van der Waals surface area contributed by atoms with Crippen molar-refractivity contribution >= 4 is 23.2 Å². The number of nitro groups is 1. The first-order chi connectivity index (χ1) is 10.9. The standard InChI is InChI=1S/C15H15ClN2O5/c1-9-3-6-14(23-9)12(8-22-2)17-15(19)11-7-10(16)4-5-13(11)18(20)21/h3-7,12H,8H2,1-2H3,(H,17,19)/t12-/m0/s1. The Kier molecular flexibility index (Phi) is 5.36. The van der Waals surface area contributed by atoms with Gasteiger partial charge in [-0.25, -0.2) is 0 Å². The molecule has 1 aromatic heterocycles. The molecule has 0 spiro atoms. The molecule has 23 heavy (non-hydrogen) atoms. The average Bonchev–Trinajstić information content (AvgIpc) is 2.92. The number of nitrogens with one attached hydrogen (secondary N) is 1. The highest BCUT2D eigenvalue weighted by Crippen LogP contribution is 2.24. The predicted molar refractivity (Wildman–Crippen MR) is 83.6 cm³/mol. The lowest BCUT2D eigenvalue weighted by Gasteiger charge is -2.16. The van der Waals surface area contributed by atoms with Gasteiger partial charge in [0.05, 0.1) is 11.5 Å². The number of aryl methyl sites for hydroxylation is 1. The molecular formula is C15H15ClN2O5. The normalized spacial score (nSPS) is 12.0. The fourth-order valence-corrected chi connectivity index (χ4v) is 2.26. The first-order valence-corrected chi connectivity index (χ1v) is 7.10. The summed E-state index contributed by atoms with van der Waals surface area (Å²) in [6, 6.07) is 6.71. The second kappa shape index (κ2) is 7.26. The number of carbonyl (C=O) groups is 1. The van der Waals surface area contributed by atoms with Gasteiger partial charge in [-0.1, -0.05) is 11.6 Å². The van der Waals surface area contributed by atoms with Crippen LogP contribution in [-0.2, 0) is 4.74 Å². The van der Waals surface area contributed by atoms with Crippen LogP contribution in [0, 0.1) is 17.0 Å². The van der Waals surface area contributed by atoms with Crippen molar-refractivity contribution in [1.29, 1.82) is 0 Å². The van der Waals surface area contributed by atoms with Gasteiger partial charge in [0.2, 0.25) is 0 Å². The summed E-state index contributed by atoms with van der Waals surface area (Å²) in [5.74, 6) is 0.557. The first kappa shape index (κ1) is 17.0. The minimum absolute atomic E-state index is 0.119. The minimum Gasteiger partial charge on any atom is -0.464 e. The van der Waals surface area contributed by atoms with Crippen molar-refractivity contribution in [3.8, 4) is 0 Å². The van der Waals surface area contributed by atoms with E-state index in [0.717, 1.165) is 0 Å². The highest BCUT2D eigenvalue weighted by molar-refractivity contribution is 6.31. The molecule has 0 radical (unpaired) electrons. The van der Waals surface area contributed by atoms with Gasteiger partial charge in [-0.05, 0) is 31.2 Å². The van der Waals surface area contributed by atoms with Crippen molar-refractivity contribution in [2.75, 3.05) is 13.7 Å². The highest BCUT2D eigenvalue weighted by Gasteiger charge is 2.24. The number of nitro benzene ring substituents is 1. The number of halogens is 1. The van der Waals surface area contributed by atoms with Crippen molar-refractivity contribution in [3.63, 3.8) is 0 Å². The molecule has 2 aromatic rings. The summed E-state index contributed by atoms with van der Waals surface area (Å²) in [5, 5.41) is 14.0. The number of hydrogen-bond donors (Lipinski definition) is 1. The SMILES string of the molecule is COC[C@H](NC(=O)c1cc(Cl)ccc1[N+](=O)[O-])c1ccc(C)o1. The molecule has 1 aromatic carbocycles. The topological polar surface area (TPSA) is 94.6 Å². The monoisotopic (exact) mass is 338 g/mol. The first-order valence-electron chi connectivity index (χ1n) is 6.72. The molecule has 122 valence electrons. The maximum absolute atomic E-state index is 12.4. The summed E-state index contributed by atoms with van der Waals surface area (Å²) >= 11 is 5.84. The molecule has 8 heteroatoms. The molecule has 0 aliphatic carbocycles. The van der Waals surface area contributed by atoms with E-state index in [1.165, 1.54) is 25.3 Å². The Morgan fingerprint density at radius 3 is 2.74 bits per heavy atom. The van der Waals surface area contributed by atoms with Crippen LogP contribution >= 0.6 is 11.6 Å². The predicted octanol–water partition coefficient (Wildman–Crippen LogP) is 3.27. The molecule has 0 unspecified atom stereocenters. The van der Waals surface area contributed by atoms with Gasteiger partial charge in [-0.3, -0.25) is 14.9 Å². The lowest BCUT2D eigenvalue weighted by Crippen LogP contribution is -2.31. The number of furan rings is 1. The van der Waals surface area contributed by atoms with Crippen LogP contribution in [0.15, 0.2) is 34.7 Å². The summed E-state index contributed by atoms with van der Waals surface area (Å²) in [6.07, 6.45) is 0. The average molecular weight is 339 g/mol. The smallest absolute Gasteiger partial charge is 0.282 e. The van der Waals surface area contributed by atoms with E-state index < -0.39 is 16.9 Å². The summed E-state index contributed by atoms with van der Waals surface area (Å²) < 4.78 is 10.6. The molecule has 1 heterocycles. The lowest BCUT2D eigenvalue weighted by atomic mass is 10.1. The zero-order valence-electron chi connectivity index (χ0n) is 12.5. The maximum atomic E-state index is 12.4. The molecular weight excluding hydrogens is 324 g/mol. The highest BCUT2D eigenvalue weighted by atomic mass is 35.5. The molecule has 1 amide bonds. The number of hydrogen-bond acceptors (Lipinski definition) is 5. The van der Waals surface area contributed by atoms with Crippen LogP contribution in [0.1, 0.15) is 27.9 Å². The zero-order valence-corrected chi connectivity index (χ0v) is 13.3. The van der Waals surface area contributed by atoms with E-state index in [0.29, 0.717) is 11.5 Å². The van der Waals surface area contributed by atoms with Crippen molar-refractivity contribution in [2.24, 2.45) is 0 Å². The molecule has 2 rings (SSSR count). The van der Waals surface area contributed by atoms with Crippen LogP contribution in [-0.4, -0.2) is 24.5 Å². The van der Waals surface area contributed by atoms with Gasteiger partial charge < -0.3 is 14.5 Å². The Morgan fingerprint density at radius 1 is 1.43 bits per heavy atom. The Hall–Kier alpha value is -2.38. The van der Waals surface area contributed by atoms with Crippen LogP contribution in [0.5, 0.6) is 0 Å². The van der Waals surface area contributed by atoms with E-state index in [-0.39, 0.29) is 22.9 Å². The number of benzene rings is 1.